The van der Waals surface area contributed by atoms with Crippen molar-refractivity contribution in [3.05, 3.63) is 78.3 Å². The molecule has 0 aliphatic heterocycles. The van der Waals surface area contributed by atoms with Crippen LogP contribution in [0, 0.1) is 0 Å². The molecule has 0 amide bonds. The molecule has 5 heteroatoms. The molecule has 0 spiro atoms. The number of rotatable bonds is 6. The van der Waals surface area contributed by atoms with E-state index in [-0.39, 0.29) is 0 Å². The van der Waals surface area contributed by atoms with E-state index in [9.17, 15) is 0 Å². The number of aromatic nitrogens is 4. The second kappa shape index (κ2) is 6.75. The molecule has 140 valence electrons. The monoisotopic (exact) mass is 370 g/mol. The maximum atomic E-state index is 5.77. The van der Waals surface area contributed by atoms with Gasteiger partial charge in [0.05, 0.1) is 12.8 Å². The quantitative estimate of drug-likeness (QED) is 0.453. The van der Waals surface area contributed by atoms with E-state index in [0.717, 1.165) is 46.4 Å². The minimum absolute atomic E-state index is 0.360. The van der Waals surface area contributed by atoms with Gasteiger partial charge >= 0.3 is 0 Å². The first-order valence-corrected chi connectivity index (χ1v) is 9.67. The molecule has 1 saturated carbocycles. The lowest BCUT2D eigenvalue weighted by molar-refractivity contribution is 0.321. The summed E-state index contributed by atoms with van der Waals surface area (Å²) in [5.74, 6) is 2.68. The largest absolute Gasteiger partial charge is 0.493 e. The zero-order valence-electron chi connectivity index (χ0n) is 15.9. The van der Waals surface area contributed by atoms with Crippen LogP contribution < -0.4 is 4.74 Å². The van der Waals surface area contributed by atoms with Crippen LogP contribution in [0.15, 0.2) is 66.9 Å². The van der Waals surface area contributed by atoms with Crippen molar-refractivity contribution in [3.63, 3.8) is 0 Å². The summed E-state index contributed by atoms with van der Waals surface area (Å²) in [7, 11) is 0. The third-order valence-corrected chi connectivity index (χ3v) is 5.41. The number of ether oxygens (including phenoxy) is 1. The molecule has 5 nitrogen and oxygen atoms in total. The van der Waals surface area contributed by atoms with Gasteiger partial charge in [-0.1, -0.05) is 42.0 Å². The maximum Gasteiger partial charge on any atom is 0.185 e. The van der Waals surface area contributed by atoms with Gasteiger partial charge in [-0.3, -0.25) is 0 Å². The van der Waals surface area contributed by atoms with Crippen LogP contribution in [0.4, 0.5) is 0 Å². The molecule has 2 unspecified atom stereocenters. The Hall–Kier alpha value is -3.21. The first kappa shape index (κ1) is 16.9. The summed E-state index contributed by atoms with van der Waals surface area (Å²) in [5, 5.41) is 15.7. The van der Waals surface area contributed by atoms with E-state index in [1.165, 1.54) is 5.56 Å². The number of hydrogen-bond donors (Lipinski definition) is 0. The van der Waals surface area contributed by atoms with Crippen molar-refractivity contribution in [2.75, 3.05) is 6.61 Å². The van der Waals surface area contributed by atoms with Crippen molar-refractivity contribution in [3.8, 4) is 5.75 Å². The van der Waals surface area contributed by atoms with Gasteiger partial charge in [-0.25, -0.2) is 0 Å². The lowest BCUT2D eigenvalue weighted by Gasteiger charge is -2.07. The fourth-order valence-electron chi connectivity index (χ4n) is 3.74. The molecule has 2 aromatic heterocycles. The van der Waals surface area contributed by atoms with E-state index in [2.05, 4.69) is 58.3 Å². The summed E-state index contributed by atoms with van der Waals surface area (Å²) in [6, 6.07) is 16.6. The Bertz CT molecular complexity index is 1160. The van der Waals surface area contributed by atoms with E-state index >= 15 is 0 Å². The Morgan fingerprint density at radius 1 is 1.11 bits per heavy atom. The van der Waals surface area contributed by atoms with Crippen LogP contribution >= 0.6 is 0 Å². The molecule has 0 saturated heterocycles. The van der Waals surface area contributed by atoms with Crippen molar-refractivity contribution in [2.24, 2.45) is 0 Å². The van der Waals surface area contributed by atoms with E-state index in [0.29, 0.717) is 18.4 Å². The molecule has 2 atom stereocenters. The number of fused-ring (bicyclic) bond motifs is 3. The Labute approximate surface area is 163 Å². The van der Waals surface area contributed by atoms with Crippen LogP contribution in [0.2, 0.25) is 0 Å². The number of benzene rings is 2. The summed E-state index contributed by atoms with van der Waals surface area (Å²) in [6.07, 6.45) is 3.85. The van der Waals surface area contributed by atoms with Crippen LogP contribution in [0.25, 0.3) is 16.4 Å². The van der Waals surface area contributed by atoms with Gasteiger partial charge < -0.3 is 4.74 Å². The van der Waals surface area contributed by atoms with Gasteiger partial charge in [-0.15, -0.1) is 16.8 Å². The van der Waals surface area contributed by atoms with Crippen LogP contribution in [0.5, 0.6) is 5.75 Å². The Balaban J connectivity index is 1.34. The molecule has 1 aliphatic carbocycles. The Morgan fingerprint density at radius 2 is 1.93 bits per heavy atom. The summed E-state index contributed by atoms with van der Waals surface area (Å²) in [5.41, 5.74) is 3.29. The summed E-state index contributed by atoms with van der Waals surface area (Å²) < 4.78 is 7.68. The molecule has 0 N–H and O–H groups in total. The topological polar surface area (TPSA) is 52.3 Å². The third-order valence-electron chi connectivity index (χ3n) is 5.41. The number of nitrogens with zero attached hydrogens (tertiary/aromatic N) is 4. The Morgan fingerprint density at radius 3 is 2.75 bits per heavy atom. The SMILES string of the molecule is C=C(C)CCOc1ccc(C2CC2c2nnc3c4ccccc4cnn23)cc1. The lowest BCUT2D eigenvalue weighted by atomic mass is 10.1. The second-order valence-corrected chi connectivity index (χ2v) is 7.60. The summed E-state index contributed by atoms with van der Waals surface area (Å²) in [6.45, 7) is 6.60. The van der Waals surface area contributed by atoms with Gasteiger partial charge in [0, 0.05) is 23.1 Å². The molecule has 2 heterocycles. The molecule has 2 aromatic carbocycles. The second-order valence-electron chi connectivity index (χ2n) is 7.60. The molecular formula is C23H22N4O. The van der Waals surface area contributed by atoms with Gasteiger partial charge in [-0.2, -0.15) is 9.61 Å². The average molecular weight is 370 g/mol. The standard InChI is InChI=1S/C23H22N4O/c1-15(2)11-12-28-18-9-7-16(8-10-18)20-13-21(20)23-26-25-22-19-6-4-3-5-17(19)14-24-27(22)23/h3-10,14,20-21H,1,11-13H2,2H3. The molecule has 1 aliphatic rings. The van der Waals surface area contributed by atoms with Crippen molar-refractivity contribution in [2.45, 2.75) is 31.6 Å². The fraction of sp³-hybridized carbons (Fsp3) is 0.261. The first-order chi connectivity index (χ1) is 13.7. The highest BCUT2D eigenvalue weighted by Crippen LogP contribution is 2.54. The zero-order valence-corrected chi connectivity index (χ0v) is 15.9. The third kappa shape index (κ3) is 3.03. The van der Waals surface area contributed by atoms with E-state index in [1.807, 2.05) is 29.8 Å². The first-order valence-electron chi connectivity index (χ1n) is 9.67. The Kier molecular flexibility index (Phi) is 4.08. The molecular weight excluding hydrogens is 348 g/mol. The van der Waals surface area contributed by atoms with Gasteiger partial charge in [0.15, 0.2) is 11.5 Å². The van der Waals surface area contributed by atoms with Gasteiger partial charge in [0.25, 0.3) is 0 Å². The van der Waals surface area contributed by atoms with Crippen molar-refractivity contribution in [1.82, 2.24) is 19.8 Å². The van der Waals surface area contributed by atoms with Gasteiger partial charge in [-0.05, 0) is 37.0 Å². The predicted octanol–water partition coefficient (Wildman–Crippen LogP) is 4.89. The van der Waals surface area contributed by atoms with E-state index < -0.39 is 0 Å². The zero-order chi connectivity index (χ0) is 19.1. The van der Waals surface area contributed by atoms with Crippen LogP contribution in [0.3, 0.4) is 0 Å². The molecule has 1 fully saturated rings. The lowest BCUT2D eigenvalue weighted by Crippen LogP contribution is -1.99. The molecule has 0 bridgehead atoms. The van der Waals surface area contributed by atoms with Crippen LogP contribution in [-0.2, 0) is 0 Å². The van der Waals surface area contributed by atoms with Crippen molar-refractivity contribution < 1.29 is 4.74 Å². The molecule has 4 aromatic rings. The van der Waals surface area contributed by atoms with E-state index in [1.54, 1.807) is 0 Å². The van der Waals surface area contributed by atoms with E-state index in [4.69, 9.17) is 4.74 Å². The van der Waals surface area contributed by atoms with Crippen molar-refractivity contribution >= 4 is 16.4 Å². The summed E-state index contributed by atoms with van der Waals surface area (Å²) in [4.78, 5) is 0. The van der Waals surface area contributed by atoms with Gasteiger partial charge in [0.1, 0.15) is 5.75 Å². The highest BCUT2D eigenvalue weighted by Gasteiger charge is 2.43. The minimum atomic E-state index is 0.360. The van der Waals surface area contributed by atoms with Crippen LogP contribution in [0.1, 0.15) is 43.0 Å². The summed E-state index contributed by atoms with van der Waals surface area (Å²) >= 11 is 0. The average Bonchev–Trinajstić information content (AvgIpc) is 3.38. The molecule has 0 radical (unpaired) electrons. The smallest absolute Gasteiger partial charge is 0.185 e. The normalized spacial score (nSPS) is 18.5. The minimum Gasteiger partial charge on any atom is -0.493 e. The highest BCUT2D eigenvalue weighted by atomic mass is 16.5. The highest BCUT2D eigenvalue weighted by molar-refractivity contribution is 5.92. The predicted molar refractivity (Wildman–Crippen MR) is 110 cm³/mol. The fourth-order valence-corrected chi connectivity index (χ4v) is 3.74. The molecule has 28 heavy (non-hydrogen) atoms. The van der Waals surface area contributed by atoms with Gasteiger partial charge in [0.2, 0.25) is 0 Å². The molecule has 5 rings (SSSR count). The van der Waals surface area contributed by atoms with Crippen LogP contribution in [-0.4, -0.2) is 26.4 Å². The number of hydrogen-bond acceptors (Lipinski definition) is 4. The van der Waals surface area contributed by atoms with Crippen molar-refractivity contribution in [1.29, 1.82) is 0 Å². The maximum absolute atomic E-state index is 5.77.